The molecule has 1 N–H and O–H groups in total. The molecule has 19 heavy (non-hydrogen) atoms. The predicted octanol–water partition coefficient (Wildman–Crippen LogP) is 1.93. The van der Waals surface area contributed by atoms with E-state index in [0.717, 1.165) is 24.5 Å². The van der Waals surface area contributed by atoms with Gasteiger partial charge in [0.1, 0.15) is 5.82 Å². The van der Waals surface area contributed by atoms with Gasteiger partial charge in [-0.3, -0.25) is 14.4 Å². The summed E-state index contributed by atoms with van der Waals surface area (Å²) in [5.41, 5.74) is 0.919. The molecule has 0 aromatic carbocycles. The van der Waals surface area contributed by atoms with Crippen molar-refractivity contribution in [1.82, 2.24) is 14.7 Å². The van der Waals surface area contributed by atoms with Gasteiger partial charge < -0.3 is 5.32 Å². The second kappa shape index (κ2) is 6.19. The van der Waals surface area contributed by atoms with Crippen molar-refractivity contribution in [3.05, 3.63) is 11.8 Å². The Kier molecular flexibility index (Phi) is 4.58. The normalized spacial score (nSPS) is 20.5. The molecule has 1 aliphatic heterocycles. The van der Waals surface area contributed by atoms with E-state index >= 15 is 0 Å². The summed E-state index contributed by atoms with van der Waals surface area (Å²) in [5, 5.41) is 7.17. The Morgan fingerprint density at radius 2 is 2.32 bits per heavy atom. The molecule has 0 radical (unpaired) electrons. The number of piperidine rings is 1. The lowest BCUT2D eigenvalue weighted by atomic mass is 10.0. The van der Waals surface area contributed by atoms with E-state index < -0.39 is 0 Å². The van der Waals surface area contributed by atoms with E-state index in [4.69, 9.17) is 0 Å². The molecule has 2 heterocycles. The third-order valence-electron chi connectivity index (χ3n) is 3.84. The predicted molar refractivity (Wildman–Crippen MR) is 76.1 cm³/mol. The van der Waals surface area contributed by atoms with Crippen LogP contribution in [0.25, 0.3) is 0 Å². The fraction of sp³-hybridized carbons (Fsp3) is 0.714. The molecule has 106 valence electrons. The van der Waals surface area contributed by atoms with Crippen LogP contribution in [-0.2, 0) is 11.8 Å². The summed E-state index contributed by atoms with van der Waals surface area (Å²) in [6.45, 7) is 5.65. The van der Waals surface area contributed by atoms with Gasteiger partial charge in [-0.15, -0.1) is 0 Å². The monoisotopic (exact) mass is 264 g/mol. The molecule has 2 rings (SSSR count). The third kappa shape index (κ3) is 3.56. The van der Waals surface area contributed by atoms with Crippen LogP contribution in [0.3, 0.4) is 0 Å². The third-order valence-corrected chi connectivity index (χ3v) is 3.84. The van der Waals surface area contributed by atoms with Crippen LogP contribution in [0.1, 0.15) is 38.3 Å². The minimum Gasteiger partial charge on any atom is -0.310 e. The lowest BCUT2D eigenvalue weighted by Crippen LogP contribution is -2.43. The lowest BCUT2D eigenvalue weighted by molar-refractivity contribution is -0.118. The molecule has 1 atom stereocenters. The highest BCUT2D eigenvalue weighted by atomic mass is 16.2. The molecule has 1 saturated heterocycles. The van der Waals surface area contributed by atoms with Gasteiger partial charge in [0.05, 0.1) is 12.2 Å². The molecule has 0 aliphatic carbocycles. The molecule has 5 nitrogen and oxygen atoms in total. The van der Waals surface area contributed by atoms with Crippen molar-refractivity contribution >= 4 is 11.7 Å². The van der Waals surface area contributed by atoms with Gasteiger partial charge in [-0.2, -0.15) is 5.10 Å². The Balaban J connectivity index is 1.91. The highest BCUT2D eigenvalue weighted by Gasteiger charge is 2.22. The number of carbonyl (C=O) groups excluding carboxylic acids is 1. The maximum absolute atomic E-state index is 12.1. The van der Waals surface area contributed by atoms with E-state index in [2.05, 4.69) is 22.2 Å². The van der Waals surface area contributed by atoms with E-state index in [1.807, 2.05) is 20.0 Å². The first-order valence-electron chi connectivity index (χ1n) is 7.14. The van der Waals surface area contributed by atoms with Gasteiger partial charge in [-0.05, 0) is 32.7 Å². The van der Waals surface area contributed by atoms with Crippen LogP contribution in [0.15, 0.2) is 6.07 Å². The molecule has 5 heteroatoms. The van der Waals surface area contributed by atoms with Crippen molar-refractivity contribution in [2.75, 3.05) is 18.4 Å². The minimum atomic E-state index is 0.0587. The molecule has 1 aromatic rings. The van der Waals surface area contributed by atoms with E-state index in [-0.39, 0.29) is 5.91 Å². The van der Waals surface area contributed by atoms with Gasteiger partial charge in [0.15, 0.2) is 0 Å². The molecule has 0 bridgehead atoms. The van der Waals surface area contributed by atoms with Gasteiger partial charge in [-0.1, -0.05) is 13.3 Å². The number of aromatic nitrogens is 2. The molecule has 1 amide bonds. The number of nitrogens with one attached hydrogen (secondary N) is 1. The smallest absolute Gasteiger partial charge is 0.239 e. The van der Waals surface area contributed by atoms with Gasteiger partial charge in [-0.25, -0.2) is 0 Å². The quantitative estimate of drug-likeness (QED) is 0.904. The van der Waals surface area contributed by atoms with Crippen LogP contribution in [0.4, 0.5) is 5.82 Å². The summed E-state index contributed by atoms with van der Waals surface area (Å²) < 4.78 is 1.71. The Hall–Kier alpha value is -1.36. The van der Waals surface area contributed by atoms with Gasteiger partial charge in [0, 0.05) is 19.2 Å². The van der Waals surface area contributed by atoms with Crippen LogP contribution >= 0.6 is 0 Å². The molecule has 1 aliphatic rings. The van der Waals surface area contributed by atoms with Crippen LogP contribution < -0.4 is 5.32 Å². The van der Waals surface area contributed by atoms with Gasteiger partial charge in [0.2, 0.25) is 5.91 Å². The Morgan fingerprint density at radius 3 is 2.95 bits per heavy atom. The van der Waals surface area contributed by atoms with Crippen LogP contribution in [-0.4, -0.2) is 39.7 Å². The van der Waals surface area contributed by atoms with Crippen LogP contribution in [0.2, 0.25) is 0 Å². The fourth-order valence-corrected chi connectivity index (χ4v) is 2.82. The molecule has 0 saturated carbocycles. The Labute approximate surface area is 115 Å². The molecule has 1 unspecified atom stereocenters. The molecular formula is C14H24N4O. The summed E-state index contributed by atoms with van der Waals surface area (Å²) in [6, 6.07) is 2.46. The first kappa shape index (κ1) is 14.1. The van der Waals surface area contributed by atoms with E-state index in [0.29, 0.717) is 12.6 Å². The first-order chi connectivity index (χ1) is 9.10. The van der Waals surface area contributed by atoms with Crippen molar-refractivity contribution < 1.29 is 4.79 Å². The number of amides is 1. The number of carbonyl (C=O) groups is 1. The summed E-state index contributed by atoms with van der Waals surface area (Å²) in [5.74, 6) is 0.830. The number of aryl methyl sites for hydroxylation is 2. The maximum atomic E-state index is 12.1. The van der Waals surface area contributed by atoms with Gasteiger partial charge in [0.25, 0.3) is 0 Å². The van der Waals surface area contributed by atoms with Gasteiger partial charge >= 0.3 is 0 Å². The number of nitrogens with zero attached hydrogens (tertiary/aromatic N) is 3. The summed E-state index contributed by atoms with van der Waals surface area (Å²) in [6.07, 6.45) is 4.83. The van der Waals surface area contributed by atoms with Crippen LogP contribution in [0.5, 0.6) is 0 Å². The number of rotatable bonds is 4. The van der Waals surface area contributed by atoms with Crippen molar-refractivity contribution in [1.29, 1.82) is 0 Å². The average molecular weight is 264 g/mol. The molecule has 1 aromatic heterocycles. The summed E-state index contributed by atoms with van der Waals surface area (Å²) in [7, 11) is 1.85. The zero-order valence-corrected chi connectivity index (χ0v) is 12.1. The number of hydrogen-bond donors (Lipinski definition) is 1. The minimum absolute atomic E-state index is 0.0587. The molecule has 1 fully saturated rings. The SMILES string of the molecule is CCC1CCCCN1CC(=O)Nc1cc(C)nn1C. The summed E-state index contributed by atoms with van der Waals surface area (Å²) >= 11 is 0. The zero-order valence-electron chi connectivity index (χ0n) is 12.1. The standard InChI is InChI=1S/C14H24N4O/c1-4-12-7-5-6-8-18(12)10-14(19)15-13-9-11(2)16-17(13)3/h9,12H,4-8,10H2,1-3H3,(H,15,19). The van der Waals surface area contributed by atoms with Crippen LogP contribution in [0, 0.1) is 6.92 Å². The highest BCUT2D eigenvalue weighted by molar-refractivity contribution is 5.91. The highest BCUT2D eigenvalue weighted by Crippen LogP contribution is 2.19. The van der Waals surface area contributed by atoms with E-state index in [9.17, 15) is 4.79 Å². The van der Waals surface area contributed by atoms with Crippen molar-refractivity contribution in [3.8, 4) is 0 Å². The topological polar surface area (TPSA) is 50.2 Å². The zero-order chi connectivity index (χ0) is 13.8. The molecular weight excluding hydrogens is 240 g/mol. The second-order valence-corrected chi connectivity index (χ2v) is 5.37. The second-order valence-electron chi connectivity index (χ2n) is 5.37. The average Bonchev–Trinajstić information content (AvgIpc) is 2.68. The number of anilines is 1. The van der Waals surface area contributed by atoms with Crippen molar-refractivity contribution in [3.63, 3.8) is 0 Å². The summed E-state index contributed by atoms with van der Waals surface area (Å²) in [4.78, 5) is 14.4. The lowest BCUT2D eigenvalue weighted by Gasteiger charge is -2.34. The Bertz CT molecular complexity index is 441. The number of hydrogen-bond acceptors (Lipinski definition) is 3. The number of likely N-dealkylation sites (tertiary alicyclic amines) is 1. The maximum Gasteiger partial charge on any atom is 0.239 e. The Morgan fingerprint density at radius 1 is 1.53 bits per heavy atom. The van der Waals surface area contributed by atoms with E-state index in [1.165, 1.54) is 19.3 Å². The molecule has 0 spiro atoms. The van der Waals surface area contributed by atoms with Crippen molar-refractivity contribution in [2.24, 2.45) is 7.05 Å². The first-order valence-corrected chi connectivity index (χ1v) is 7.14. The fourth-order valence-electron chi connectivity index (χ4n) is 2.82. The largest absolute Gasteiger partial charge is 0.310 e. The van der Waals surface area contributed by atoms with E-state index in [1.54, 1.807) is 4.68 Å². The van der Waals surface area contributed by atoms with Crippen molar-refractivity contribution in [2.45, 2.75) is 45.6 Å².